The van der Waals surface area contributed by atoms with Gasteiger partial charge in [-0.2, -0.15) is 4.68 Å². The molecule has 100 valence electrons. The monoisotopic (exact) mass is 284 g/mol. The van der Waals surface area contributed by atoms with Gasteiger partial charge in [0.05, 0.1) is 5.69 Å². The van der Waals surface area contributed by atoms with Crippen molar-refractivity contribution in [3.8, 4) is 16.4 Å². The Morgan fingerprint density at radius 1 is 1.25 bits per heavy atom. The summed E-state index contributed by atoms with van der Waals surface area (Å²) < 4.78 is 1.63. The zero-order chi connectivity index (χ0) is 14.1. The van der Waals surface area contributed by atoms with E-state index in [0.29, 0.717) is 16.5 Å². The van der Waals surface area contributed by atoms with Crippen molar-refractivity contribution >= 4 is 17.6 Å². The molecule has 2 aromatic heterocycles. The lowest BCUT2D eigenvalue weighted by Gasteiger charge is -2.06. The maximum Gasteiger partial charge on any atom is 0.212 e. The van der Waals surface area contributed by atoms with Gasteiger partial charge in [0.25, 0.3) is 0 Å². The molecule has 0 spiro atoms. The van der Waals surface area contributed by atoms with Crippen LogP contribution in [-0.2, 0) is 0 Å². The maximum absolute atomic E-state index is 11.2. The first-order valence-electron chi connectivity index (χ1n) is 6.10. The van der Waals surface area contributed by atoms with Gasteiger partial charge >= 0.3 is 0 Å². The van der Waals surface area contributed by atoms with Crippen molar-refractivity contribution in [2.45, 2.75) is 13.8 Å². The summed E-state index contributed by atoms with van der Waals surface area (Å²) in [6.07, 6.45) is 0.728. The first kappa shape index (κ1) is 12.7. The van der Waals surface area contributed by atoms with Crippen LogP contribution >= 0.6 is 11.3 Å². The van der Waals surface area contributed by atoms with Crippen LogP contribution in [0.1, 0.15) is 21.7 Å². The molecule has 0 bridgehead atoms. The summed E-state index contributed by atoms with van der Waals surface area (Å²) in [5, 5.41) is 10.7. The Morgan fingerprint density at radius 3 is 2.70 bits per heavy atom. The fourth-order valence-electron chi connectivity index (χ4n) is 2.04. The molecule has 2 heterocycles. The van der Waals surface area contributed by atoms with Crippen molar-refractivity contribution in [1.82, 2.24) is 20.0 Å². The summed E-state index contributed by atoms with van der Waals surface area (Å²) >= 11 is 1.47. The molecule has 0 unspecified atom stereocenters. The van der Waals surface area contributed by atoms with Gasteiger partial charge in [0, 0.05) is 10.9 Å². The second-order valence-electron chi connectivity index (χ2n) is 4.44. The summed E-state index contributed by atoms with van der Waals surface area (Å²) in [6.45, 7) is 3.92. The van der Waals surface area contributed by atoms with Crippen molar-refractivity contribution < 1.29 is 4.79 Å². The third-order valence-corrected chi connectivity index (χ3v) is 3.93. The van der Waals surface area contributed by atoms with E-state index >= 15 is 0 Å². The Morgan fingerprint density at radius 2 is 2.05 bits per heavy atom. The van der Waals surface area contributed by atoms with Gasteiger partial charge in [0.1, 0.15) is 5.69 Å². The number of hydrogen-bond acceptors (Lipinski definition) is 5. The van der Waals surface area contributed by atoms with E-state index in [1.807, 2.05) is 43.5 Å². The quantitative estimate of drug-likeness (QED) is 0.694. The van der Waals surface area contributed by atoms with Crippen LogP contribution in [0, 0.1) is 13.8 Å². The van der Waals surface area contributed by atoms with Gasteiger partial charge in [-0.1, -0.05) is 29.5 Å². The number of aromatic nitrogens is 4. The zero-order valence-corrected chi connectivity index (χ0v) is 11.9. The normalized spacial score (nSPS) is 10.7. The topological polar surface area (TPSA) is 60.7 Å². The number of aldehydes is 1. The van der Waals surface area contributed by atoms with Gasteiger partial charge < -0.3 is 0 Å². The SMILES string of the molecule is Cc1csc(-n2nnc(C=O)c2-c2ccccc2C)n1. The molecule has 0 saturated heterocycles. The molecule has 1 aromatic carbocycles. The number of nitrogens with zero attached hydrogens (tertiary/aromatic N) is 4. The van der Waals surface area contributed by atoms with Crippen LogP contribution in [0.3, 0.4) is 0 Å². The molecule has 20 heavy (non-hydrogen) atoms. The molecule has 0 radical (unpaired) electrons. The molecule has 0 fully saturated rings. The maximum atomic E-state index is 11.2. The van der Waals surface area contributed by atoms with Crippen molar-refractivity contribution in [2.75, 3.05) is 0 Å². The summed E-state index contributed by atoms with van der Waals surface area (Å²) in [4.78, 5) is 15.6. The van der Waals surface area contributed by atoms with Gasteiger partial charge in [-0.15, -0.1) is 16.4 Å². The van der Waals surface area contributed by atoms with E-state index in [2.05, 4.69) is 15.3 Å². The van der Waals surface area contributed by atoms with E-state index in [1.165, 1.54) is 11.3 Å². The number of rotatable bonds is 3. The third kappa shape index (κ3) is 2.04. The molecule has 3 rings (SSSR count). The summed E-state index contributed by atoms with van der Waals surface area (Å²) in [7, 11) is 0. The number of aryl methyl sites for hydroxylation is 2. The van der Waals surface area contributed by atoms with Crippen LogP contribution < -0.4 is 0 Å². The van der Waals surface area contributed by atoms with Crippen molar-refractivity contribution in [3.63, 3.8) is 0 Å². The Bertz CT molecular complexity index is 775. The first-order valence-corrected chi connectivity index (χ1v) is 6.98. The van der Waals surface area contributed by atoms with Crippen LogP contribution in [0.5, 0.6) is 0 Å². The average Bonchev–Trinajstić information content (AvgIpc) is 3.05. The first-order chi connectivity index (χ1) is 9.70. The highest BCUT2D eigenvalue weighted by Gasteiger charge is 2.18. The molecule has 5 nitrogen and oxygen atoms in total. The van der Waals surface area contributed by atoms with Gasteiger partial charge in [-0.05, 0) is 19.4 Å². The summed E-state index contributed by atoms with van der Waals surface area (Å²) in [5.41, 5.74) is 3.93. The predicted octanol–water partition coefficient (Wildman–Crippen LogP) is 2.82. The van der Waals surface area contributed by atoms with Gasteiger partial charge in [-0.25, -0.2) is 4.98 Å². The summed E-state index contributed by atoms with van der Waals surface area (Å²) in [6, 6.07) is 7.84. The molecule has 0 amide bonds. The van der Waals surface area contributed by atoms with E-state index in [-0.39, 0.29) is 0 Å². The Kier molecular flexibility index (Phi) is 3.15. The lowest BCUT2D eigenvalue weighted by atomic mass is 10.0. The van der Waals surface area contributed by atoms with E-state index in [1.54, 1.807) is 4.68 Å². The zero-order valence-electron chi connectivity index (χ0n) is 11.1. The Hall–Kier alpha value is -2.34. The van der Waals surface area contributed by atoms with Crippen molar-refractivity contribution in [3.05, 3.63) is 46.6 Å². The molecular weight excluding hydrogens is 272 g/mol. The standard InChI is InChI=1S/C14H12N4OS/c1-9-5-3-4-6-11(9)13-12(7-19)16-17-18(13)14-15-10(2)8-20-14/h3-8H,1-2H3. The molecule has 0 N–H and O–H groups in total. The smallest absolute Gasteiger partial charge is 0.212 e. The molecule has 3 aromatic rings. The van der Waals surface area contributed by atoms with E-state index in [9.17, 15) is 4.79 Å². The minimum absolute atomic E-state index is 0.326. The molecule has 0 aliphatic rings. The largest absolute Gasteiger partial charge is 0.296 e. The third-order valence-electron chi connectivity index (χ3n) is 3.00. The van der Waals surface area contributed by atoms with Crippen molar-refractivity contribution in [2.24, 2.45) is 0 Å². The molecule has 0 saturated carbocycles. The molecule has 0 aliphatic heterocycles. The van der Waals surface area contributed by atoms with Crippen molar-refractivity contribution in [1.29, 1.82) is 0 Å². The van der Waals surface area contributed by atoms with E-state index < -0.39 is 0 Å². The predicted molar refractivity (Wildman–Crippen MR) is 77.3 cm³/mol. The minimum atomic E-state index is 0.326. The van der Waals surface area contributed by atoms with Gasteiger partial charge in [0.15, 0.2) is 12.0 Å². The number of benzene rings is 1. The molecule has 0 atom stereocenters. The lowest BCUT2D eigenvalue weighted by molar-refractivity contribution is 0.111. The lowest BCUT2D eigenvalue weighted by Crippen LogP contribution is -2.00. The van der Waals surface area contributed by atoms with Crippen LogP contribution in [0.2, 0.25) is 0 Å². The van der Waals surface area contributed by atoms with Gasteiger partial charge in [0.2, 0.25) is 5.13 Å². The fourth-order valence-corrected chi connectivity index (χ4v) is 2.79. The van der Waals surface area contributed by atoms with Crippen LogP contribution in [0.15, 0.2) is 29.6 Å². The molecular formula is C14H12N4OS. The highest BCUT2D eigenvalue weighted by molar-refractivity contribution is 7.12. The van der Waals surface area contributed by atoms with Crippen LogP contribution in [-0.4, -0.2) is 26.3 Å². The number of carbonyl (C=O) groups is 1. The van der Waals surface area contributed by atoms with Crippen LogP contribution in [0.25, 0.3) is 16.4 Å². The average molecular weight is 284 g/mol. The van der Waals surface area contributed by atoms with E-state index in [0.717, 1.165) is 23.1 Å². The number of carbonyl (C=O) groups excluding carboxylic acids is 1. The molecule has 0 aliphatic carbocycles. The Balaban J connectivity index is 2.26. The van der Waals surface area contributed by atoms with Crippen LogP contribution in [0.4, 0.5) is 0 Å². The number of hydrogen-bond donors (Lipinski definition) is 0. The second-order valence-corrected chi connectivity index (χ2v) is 5.28. The second kappa shape index (κ2) is 4.97. The minimum Gasteiger partial charge on any atom is -0.296 e. The number of thiazole rings is 1. The van der Waals surface area contributed by atoms with E-state index in [4.69, 9.17) is 0 Å². The highest BCUT2D eigenvalue weighted by atomic mass is 32.1. The fraction of sp³-hybridized carbons (Fsp3) is 0.143. The molecule has 6 heteroatoms. The highest BCUT2D eigenvalue weighted by Crippen LogP contribution is 2.28. The Labute approximate surface area is 119 Å². The summed E-state index contributed by atoms with van der Waals surface area (Å²) in [5.74, 6) is 0. The van der Waals surface area contributed by atoms with Gasteiger partial charge in [-0.3, -0.25) is 4.79 Å².